The van der Waals surface area contributed by atoms with E-state index in [4.69, 9.17) is 0 Å². The fourth-order valence-electron chi connectivity index (χ4n) is 3.72. The summed E-state index contributed by atoms with van der Waals surface area (Å²) in [4.78, 5) is 18.7. The number of pyridine rings is 1. The second-order valence-electron chi connectivity index (χ2n) is 6.84. The largest absolute Gasteiger partial charge is 0.338 e. The lowest BCUT2D eigenvalue weighted by Crippen LogP contribution is -2.44. The molecule has 0 N–H and O–H groups in total. The van der Waals surface area contributed by atoms with Gasteiger partial charge in [-0.3, -0.25) is 9.78 Å². The van der Waals surface area contributed by atoms with Crippen LogP contribution in [0.5, 0.6) is 0 Å². The Morgan fingerprint density at radius 2 is 2.04 bits per heavy atom. The van der Waals surface area contributed by atoms with Gasteiger partial charge in [0.05, 0.1) is 11.2 Å². The number of likely N-dealkylation sites (tertiary alicyclic amines) is 1. The number of rotatable bonds is 4. The summed E-state index contributed by atoms with van der Waals surface area (Å²) in [6.07, 6.45) is 5.92. The van der Waals surface area contributed by atoms with Crippen LogP contribution in [0, 0.1) is 11.8 Å². The molecule has 7 heteroatoms. The number of piperidine rings is 1. The summed E-state index contributed by atoms with van der Waals surface area (Å²) in [5.41, 5.74) is 1.01. The van der Waals surface area contributed by atoms with Crippen molar-refractivity contribution in [2.24, 2.45) is 11.8 Å². The lowest BCUT2D eigenvalue weighted by atomic mass is 9.88. The molecule has 124 valence electrons. The van der Waals surface area contributed by atoms with Gasteiger partial charge in [-0.25, -0.2) is 12.7 Å². The van der Waals surface area contributed by atoms with Crippen molar-refractivity contribution in [2.75, 3.05) is 19.6 Å². The quantitative estimate of drug-likeness (QED) is 0.818. The van der Waals surface area contributed by atoms with Crippen LogP contribution >= 0.6 is 0 Å². The zero-order valence-corrected chi connectivity index (χ0v) is 13.8. The molecule has 3 fully saturated rings. The molecule has 2 saturated heterocycles. The Bertz CT molecular complexity index is 703. The van der Waals surface area contributed by atoms with Gasteiger partial charge in [0.1, 0.15) is 0 Å². The molecule has 6 nitrogen and oxygen atoms in total. The van der Waals surface area contributed by atoms with Gasteiger partial charge < -0.3 is 4.90 Å². The Labute approximate surface area is 136 Å². The molecule has 0 aromatic carbocycles. The first-order chi connectivity index (χ1) is 11.1. The number of hydrogen-bond acceptors (Lipinski definition) is 4. The minimum atomic E-state index is -3.17. The molecule has 3 heterocycles. The van der Waals surface area contributed by atoms with Crippen LogP contribution < -0.4 is 0 Å². The first kappa shape index (κ1) is 15.1. The molecule has 1 aliphatic carbocycles. The van der Waals surface area contributed by atoms with E-state index in [0.717, 1.165) is 24.8 Å². The topological polar surface area (TPSA) is 70.6 Å². The molecular weight excluding hydrogens is 314 g/mol. The molecule has 23 heavy (non-hydrogen) atoms. The van der Waals surface area contributed by atoms with E-state index in [1.807, 2.05) is 17.0 Å². The summed E-state index contributed by atoms with van der Waals surface area (Å²) < 4.78 is 26.4. The number of nitrogens with zero attached hydrogens (tertiary/aromatic N) is 3. The van der Waals surface area contributed by atoms with E-state index in [-0.39, 0.29) is 23.0 Å². The van der Waals surface area contributed by atoms with Crippen molar-refractivity contribution in [1.82, 2.24) is 14.2 Å². The van der Waals surface area contributed by atoms with Gasteiger partial charge in [0, 0.05) is 38.6 Å². The van der Waals surface area contributed by atoms with E-state index in [1.165, 1.54) is 0 Å². The van der Waals surface area contributed by atoms with Crippen LogP contribution in [0.4, 0.5) is 0 Å². The zero-order chi connectivity index (χ0) is 16.0. The van der Waals surface area contributed by atoms with Gasteiger partial charge in [0.25, 0.3) is 0 Å². The van der Waals surface area contributed by atoms with Crippen LogP contribution in [-0.2, 0) is 21.4 Å². The molecule has 2 atom stereocenters. The van der Waals surface area contributed by atoms with Crippen molar-refractivity contribution >= 4 is 15.9 Å². The van der Waals surface area contributed by atoms with Crippen molar-refractivity contribution in [2.45, 2.75) is 31.1 Å². The fourth-order valence-corrected chi connectivity index (χ4v) is 5.64. The van der Waals surface area contributed by atoms with Crippen LogP contribution in [0.25, 0.3) is 0 Å². The number of carbonyl (C=O) groups is 1. The first-order valence-corrected chi connectivity index (χ1v) is 9.72. The summed E-state index contributed by atoms with van der Waals surface area (Å²) in [5, 5.41) is -0.191. The number of fused-ring (bicyclic) bond motifs is 1. The van der Waals surface area contributed by atoms with Gasteiger partial charge in [0.2, 0.25) is 15.9 Å². The molecule has 1 amide bonds. The molecule has 0 spiro atoms. The van der Waals surface area contributed by atoms with Crippen LogP contribution in [-0.4, -0.2) is 53.4 Å². The van der Waals surface area contributed by atoms with Gasteiger partial charge in [-0.15, -0.1) is 0 Å². The summed E-state index contributed by atoms with van der Waals surface area (Å²) in [6.45, 7) is 2.15. The molecule has 0 unspecified atom stereocenters. The Kier molecular flexibility index (Phi) is 3.65. The zero-order valence-electron chi connectivity index (χ0n) is 13.0. The van der Waals surface area contributed by atoms with Crippen molar-refractivity contribution in [3.63, 3.8) is 0 Å². The highest BCUT2D eigenvalue weighted by molar-refractivity contribution is 7.90. The highest BCUT2D eigenvalue weighted by Crippen LogP contribution is 2.38. The molecule has 1 aromatic rings. The van der Waals surface area contributed by atoms with E-state index in [9.17, 15) is 13.2 Å². The van der Waals surface area contributed by atoms with E-state index < -0.39 is 10.0 Å². The Morgan fingerprint density at radius 3 is 2.74 bits per heavy atom. The third kappa shape index (κ3) is 2.76. The highest BCUT2D eigenvalue weighted by atomic mass is 32.2. The number of carbonyl (C=O) groups excluding carboxylic acids is 1. The predicted molar refractivity (Wildman–Crippen MR) is 84.8 cm³/mol. The average molecular weight is 335 g/mol. The normalized spacial score (nSPS) is 28.9. The van der Waals surface area contributed by atoms with E-state index >= 15 is 0 Å². The maximum Gasteiger partial charge on any atom is 0.227 e. The number of aromatic nitrogens is 1. The van der Waals surface area contributed by atoms with Crippen molar-refractivity contribution < 1.29 is 13.2 Å². The first-order valence-electron chi connectivity index (χ1n) is 8.22. The number of hydrogen-bond donors (Lipinski definition) is 0. The number of sulfonamides is 1. The van der Waals surface area contributed by atoms with Gasteiger partial charge in [0.15, 0.2) is 0 Å². The van der Waals surface area contributed by atoms with Gasteiger partial charge in [-0.2, -0.15) is 0 Å². The summed E-state index contributed by atoms with van der Waals surface area (Å²) in [6, 6.07) is 3.83. The molecule has 4 rings (SSSR count). The predicted octanol–water partition coefficient (Wildman–Crippen LogP) is 0.854. The van der Waals surface area contributed by atoms with Crippen LogP contribution in [0.1, 0.15) is 24.8 Å². The molecule has 0 bridgehead atoms. The minimum absolute atomic E-state index is 0.0959. The minimum Gasteiger partial charge on any atom is -0.338 e. The van der Waals surface area contributed by atoms with Crippen LogP contribution in [0.2, 0.25) is 0 Å². The van der Waals surface area contributed by atoms with Gasteiger partial charge >= 0.3 is 0 Å². The van der Waals surface area contributed by atoms with E-state index in [2.05, 4.69) is 4.98 Å². The average Bonchev–Trinajstić information content (AvgIpc) is 3.31. The Morgan fingerprint density at radius 1 is 1.22 bits per heavy atom. The second kappa shape index (κ2) is 5.56. The van der Waals surface area contributed by atoms with Crippen molar-refractivity contribution in [1.29, 1.82) is 0 Å². The Balaban J connectivity index is 1.46. The maximum atomic E-state index is 12.8. The summed E-state index contributed by atoms with van der Waals surface area (Å²) in [5.74, 6) is 0.105. The maximum absolute atomic E-state index is 12.8. The lowest BCUT2D eigenvalue weighted by Gasteiger charge is -2.33. The second-order valence-corrected chi connectivity index (χ2v) is 9.05. The van der Waals surface area contributed by atoms with Crippen LogP contribution in [0.3, 0.4) is 0 Å². The highest BCUT2D eigenvalue weighted by Gasteiger charge is 2.49. The lowest BCUT2D eigenvalue weighted by molar-refractivity contribution is -0.140. The molecular formula is C16H21N3O3S. The molecule has 1 aromatic heterocycles. The number of amides is 1. The van der Waals surface area contributed by atoms with E-state index in [1.54, 1.807) is 16.7 Å². The van der Waals surface area contributed by atoms with Crippen molar-refractivity contribution in [3.05, 3.63) is 30.1 Å². The molecule has 0 radical (unpaired) electrons. The van der Waals surface area contributed by atoms with Crippen molar-refractivity contribution in [3.8, 4) is 0 Å². The Hall–Kier alpha value is -1.47. The summed E-state index contributed by atoms with van der Waals surface area (Å²) in [7, 11) is -3.17. The van der Waals surface area contributed by atoms with Crippen LogP contribution in [0.15, 0.2) is 24.5 Å². The van der Waals surface area contributed by atoms with Gasteiger partial charge in [-0.05, 0) is 36.8 Å². The standard InChI is InChI=1S/C16H21N3O3S/c20-16-15-11-19(23(21,22)14-3-4-14)10-13(15)5-7-18(16)9-12-2-1-6-17-8-12/h1-2,6,8,13-15H,3-5,7,9-11H2/t13-,15-/m1/s1. The summed E-state index contributed by atoms with van der Waals surface area (Å²) >= 11 is 0. The van der Waals surface area contributed by atoms with E-state index in [0.29, 0.717) is 26.2 Å². The SMILES string of the molecule is O=C1[C@@H]2CN(S(=O)(=O)C3CC3)C[C@H]2CCN1Cc1cccnc1. The smallest absolute Gasteiger partial charge is 0.227 e. The third-order valence-corrected chi connectivity index (χ3v) is 7.54. The third-order valence-electron chi connectivity index (χ3n) is 5.21. The molecule has 3 aliphatic rings. The fraction of sp³-hybridized carbons (Fsp3) is 0.625. The van der Waals surface area contributed by atoms with Gasteiger partial charge in [-0.1, -0.05) is 6.07 Å². The monoisotopic (exact) mass is 335 g/mol. The molecule has 1 saturated carbocycles. The molecule has 2 aliphatic heterocycles.